The van der Waals surface area contributed by atoms with Crippen LogP contribution in [0.15, 0.2) is 28.8 Å². The van der Waals surface area contributed by atoms with Gasteiger partial charge in [-0.2, -0.15) is 4.98 Å². The lowest BCUT2D eigenvalue weighted by Crippen LogP contribution is -2.42. The van der Waals surface area contributed by atoms with Gasteiger partial charge in [0.2, 0.25) is 0 Å². The number of amides is 1. The quantitative estimate of drug-likeness (QED) is 0.718. The predicted molar refractivity (Wildman–Crippen MR) is 105 cm³/mol. The molecule has 0 spiro atoms. The number of carbonyl (C=O) groups excluding carboxylic acids is 2. The van der Waals surface area contributed by atoms with E-state index in [0.717, 1.165) is 18.4 Å². The number of nitrogens with zero attached hydrogens (tertiary/aromatic N) is 3. The third kappa shape index (κ3) is 5.79. The fourth-order valence-corrected chi connectivity index (χ4v) is 3.05. The van der Waals surface area contributed by atoms with Crippen LogP contribution in [-0.4, -0.2) is 52.4 Å². The van der Waals surface area contributed by atoms with Crippen LogP contribution in [0.5, 0.6) is 0 Å². The first-order valence-corrected chi connectivity index (χ1v) is 9.77. The van der Waals surface area contributed by atoms with E-state index >= 15 is 0 Å². The standard InChI is InChI=1S/C21H27N3O5/c1-14-22-18(29-23-14)16-5-7-17(8-6-16)19(25)27-13-15-9-11-24(12-10-15)20(26)28-21(2,3)4/h5-8,15H,9-13H2,1-4H3. The third-order valence-electron chi connectivity index (χ3n) is 4.61. The Balaban J connectivity index is 1.45. The van der Waals surface area contributed by atoms with E-state index in [0.29, 0.717) is 37.0 Å². The van der Waals surface area contributed by atoms with Crippen LogP contribution in [0.4, 0.5) is 4.79 Å². The lowest BCUT2D eigenvalue weighted by molar-refractivity contribution is 0.0115. The molecule has 29 heavy (non-hydrogen) atoms. The van der Waals surface area contributed by atoms with E-state index in [1.165, 1.54) is 0 Å². The van der Waals surface area contributed by atoms with Gasteiger partial charge in [-0.25, -0.2) is 9.59 Å². The van der Waals surface area contributed by atoms with Crippen molar-refractivity contribution in [3.05, 3.63) is 35.7 Å². The van der Waals surface area contributed by atoms with Crippen LogP contribution in [-0.2, 0) is 9.47 Å². The van der Waals surface area contributed by atoms with Crippen molar-refractivity contribution >= 4 is 12.1 Å². The van der Waals surface area contributed by atoms with Gasteiger partial charge in [0, 0.05) is 18.7 Å². The summed E-state index contributed by atoms with van der Waals surface area (Å²) in [5.74, 6) is 0.839. The first-order valence-electron chi connectivity index (χ1n) is 9.77. The van der Waals surface area contributed by atoms with Crippen LogP contribution < -0.4 is 0 Å². The number of carbonyl (C=O) groups is 2. The molecule has 0 N–H and O–H groups in total. The molecular formula is C21H27N3O5. The molecule has 1 fully saturated rings. The molecular weight excluding hydrogens is 374 g/mol. The Labute approximate surface area is 170 Å². The van der Waals surface area contributed by atoms with Gasteiger partial charge in [-0.1, -0.05) is 5.16 Å². The molecule has 1 amide bonds. The Morgan fingerprint density at radius 2 is 1.83 bits per heavy atom. The number of ether oxygens (including phenoxy) is 2. The van der Waals surface area contributed by atoms with Gasteiger partial charge in [0.1, 0.15) is 5.60 Å². The summed E-state index contributed by atoms with van der Waals surface area (Å²) >= 11 is 0. The first-order chi connectivity index (χ1) is 13.7. The minimum absolute atomic E-state index is 0.235. The second-order valence-electron chi connectivity index (χ2n) is 8.23. The molecule has 1 aliphatic rings. The van der Waals surface area contributed by atoms with Gasteiger partial charge in [-0.05, 0) is 70.7 Å². The van der Waals surface area contributed by atoms with Crippen molar-refractivity contribution in [3.8, 4) is 11.5 Å². The second-order valence-corrected chi connectivity index (χ2v) is 8.23. The molecule has 1 aliphatic heterocycles. The van der Waals surface area contributed by atoms with Gasteiger partial charge in [0.25, 0.3) is 5.89 Å². The van der Waals surface area contributed by atoms with Gasteiger partial charge < -0.3 is 18.9 Å². The number of hydrogen-bond acceptors (Lipinski definition) is 7. The van der Waals surface area contributed by atoms with E-state index in [1.807, 2.05) is 20.8 Å². The monoisotopic (exact) mass is 401 g/mol. The highest BCUT2D eigenvalue weighted by atomic mass is 16.6. The van der Waals surface area contributed by atoms with Gasteiger partial charge in [-0.3, -0.25) is 0 Å². The Hall–Kier alpha value is -2.90. The van der Waals surface area contributed by atoms with Crippen LogP contribution in [0.1, 0.15) is 49.8 Å². The van der Waals surface area contributed by atoms with Gasteiger partial charge >= 0.3 is 12.1 Å². The Morgan fingerprint density at radius 1 is 1.17 bits per heavy atom. The molecule has 8 heteroatoms. The van der Waals surface area contributed by atoms with Crippen molar-refractivity contribution in [3.63, 3.8) is 0 Å². The molecule has 1 saturated heterocycles. The molecule has 0 bridgehead atoms. The molecule has 0 radical (unpaired) electrons. The molecule has 0 saturated carbocycles. The normalized spacial score (nSPS) is 15.2. The zero-order chi connectivity index (χ0) is 21.0. The lowest BCUT2D eigenvalue weighted by atomic mass is 9.98. The van der Waals surface area contributed by atoms with Crippen molar-refractivity contribution in [2.45, 2.75) is 46.1 Å². The van der Waals surface area contributed by atoms with E-state index < -0.39 is 5.60 Å². The lowest BCUT2D eigenvalue weighted by Gasteiger charge is -2.33. The maximum Gasteiger partial charge on any atom is 0.410 e. The van der Waals surface area contributed by atoms with Crippen molar-refractivity contribution in [1.29, 1.82) is 0 Å². The van der Waals surface area contributed by atoms with E-state index in [1.54, 1.807) is 36.1 Å². The molecule has 2 heterocycles. The van der Waals surface area contributed by atoms with Crippen LogP contribution in [0.2, 0.25) is 0 Å². The topological polar surface area (TPSA) is 94.8 Å². The molecule has 1 aromatic carbocycles. The van der Waals surface area contributed by atoms with Gasteiger partial charge in [0.05, 0.1) is 12.2 Å². The zero-order valence-corrected chi connectivity index (χ0v) is 17.3. The summed E-state index contributed by atoms with van der Waals surface area (Å²) in [6.45, 7) is 8.86. The number of aromatic nitrogens is 2. The second kappa shape index (κ2) is 8.63. The fourth-order valence-electron chi connectivity index (χ4n) is 3.05. The van der Waals surface area contributed by atoms with Crippen molar-refractivity contribution in [2.75, 3.05) is 19.7 Å². The van der Waals surface area contributed by atoms with Gasteiger partial charge in [0.15, 0.2) is 5.82 Å². The summed E-state index contributed by atoms with van der Waals surface area (Å²) in [6.07, 6.45) is 1.27. The average Bonchev–Trinajstić information content (AvgIpc) is 3.11. The van der Waals surface area contributed by atoms with Crippen LogP contribution in [0.25, 0.3) is 11.5 Å². The Bertz CT molecular complexity index is 846. The number of benzene rings is 1. The molecule has 156 valence electrons. The molecule has 2 aromatic rings. The summed E-state index contributed by atoms with van der Waals surface area (Å²) in [5, 5.41) is 3.76. The van der Waals surface area contributed by atoms with E-state index in [4.69, 9.17) is 14.0 Å². The molecule has 0 aliphatic carbocycles. The predicted octanol–water partition coefficient (Wildman–Crippen LogP) is 3.85. The molecule has 0 unspecified atom stereocenters. The molecule has 3 rings (SSSR count). The molecule has 0 atom stereocenters. The summed E-state index contributed by atoms with van der Waals surface area (Å²) in [5.41, 5.74) is 0.717. The van der Waals surface area contributed by atoms with Crippen LogP contribution in [0, 0.1) is 12.8 Å². The minimum Gasteiger partial charge on any atom is -0.462 e. The smallest absolute Gasteiger partial charge is 0.410 e. The highest BCUT2D eigenvalue weighted by molar-refractivity contribution is 5.89. The zero-order valence-electron chi connectivity index (χ0n) is 17.3. The fraction of sp³-hybridized carbons (Fsp3) is 0.524. The summed E-state index contributed by atoms with van der Waals surface area (Å²) < 4.78 is 16.0. The minimum atomic E-state index is -0.499. The van der Waals surface area contributed by atoms with Crippen molar-refractivity contribution in [2.24, 2.45) is 5.92 Å². The highest BCUT2D eigenvalue weighted by Crippen LogP contribution is 2.21. The SMILES string of the molecule is Cc1noc(-c2ccc(C(=O)OCC3CCN(C(=O)OC(C)(C)C)CC3)cc2)n1. The number of piperidine rings is 1. The highest BCUT2D eigenvalue weighted by Gasteiger charge is 2.27. The van der Waals surface area contributed by atoms with Gasteiger partial charge in [-0.15, -0.1) is 0 Å². The Morgan fingerprint density at radius 3 is 2.38 bits per heavy atom. The van der Waals surface area contributed by atoms with Crippen LogP contribution in [0.3, 0.4) is 0 Å². The first kappa shape index (κ1) is 20.8. The maximum atomic E-state index is 12.3. The summed E-state index contributed by atoms with van der Waals surface area (Å²) in [7, 11) is 0. The average molecular weight is 401 g/mol. The number of esters is 1. The van der Waals surface area contributed by atoms with E-state index in [-0.39, 0.29) is 18.0 Å². The maximum absolute atomic E-state index is 12.3. The molecule has 8 nitrogen and oxygen atoms in total. The third-order valence-corrected chi connectivity index (χ3v) is 4.61. The molecule has 1 aromatic heterocycles. The largest absolute Gasteiger partial charge is 0.462 e. The Kier molecular flexibility index (Phi) is 6.20. The summed E-state index contributed by atoms with van der Waals surface area (Å²) in [4.78, 5) is 30.3. The van der Waals surface area contributed by atoms with Crippen LogP contribution >= 0.6 is 0 Å². The number of aryl methyl sites for hydroxylation is 1. The van der Waals surface area contributed by atoms with E-state index in [9.17, 15) is 9.59 Å². The van der Waals surface area contributed by atoms with Crippen molar-refractivity contribution in [1.82, 2.24) is 15.0 Å². The number of likely N-dealkylation sites (tertiary alicyclic amines) is 1. The van der Waals surface area contributed by atoms with Crippen molar-refractivity contribution < 1.29 is 23.6 Å². The number of hydrogen-bond donors (Lipinski definition) is 0. The van der Waals surface area contributed by atoms with E-state index in [2.05, 4.69) is 10.1 Å². The number of rotatable bonds is 4. The summed E-state index contributed by atoms with van der Waals surface area (Å²) in [6, 6.07) is 6.87.